The molecule has 0 bridgehead atoms. The van der Waals surface area contributed by atoms with E-state index in [0.717, 1.165) is 26.6 Å². The molecule has 1 aromatic carbocycles. The van der Waals surface area contributed by atoms with E-state index in [1.54, 1.807) is 23.6 Å². The number of para-hydroxylation sites is 1. The van der Waals surface area contributed by atoms with E-state index in [2.05, 4.69) is 4.98 Å². The van der Waals surface area contributed by atoms with Gasteiger partial charge in [0, 0.05) is 30.6 Å². The summed E-state index contributed by atoms with van der Waals surface area (Å²) >= 11 is 2.83. The maximum atomic E-state index is 12.9. The molecule has 29 heavy (non-hydrogen) atoms. The first kappa shape index (κ1) is 21.4. The molecule has 0 aliphatic heterocycles. The lowest BCUT2D eigenvalue weighted by molar-refractivity contribution is -0.127. The Morgan fingerprint density at radius 1 is 1.31 bits per heavy atom. The Hall–Kier alpha value is -2.32. The van der Waals surface area contributed by atoms with Gasteiger partial charge in [0.25, 0.3) is 5.56 Å². The van der Waals surface area contributed by atoms with Crippen LogP contribution in [0, 0.1) is 13.8 Å². The van der Waals surface area contributed by atoms with Crippen LogP contribution in [0.1, 0.15) is 22.9 Å². The third-order valence-corrected chi connectivity index (χ3v) is 6.98. The number of aryl methyl sites for hydroxylation is 2. The second kappa shape index (κ2) is 9.00. The molecule has 0 atom stereocenters. The summed E-state index contributed by atoms with van der Waals surface area (Å²) in [6, 6.07) is 7.66. The van der Waals surface area contributed by atoms with Crippen molar-refractivity contribution in [2.75, 3.05) is 19.9 Å². The SMILES string of the molecule is CCn1c(SCC(=O)N(C)Cc2ccccc2OC)nc2sc(C)c(C)c2c1=O. The summed E-state index contributed by atoms with van der Waals surface area (Å²) in [6.45, 7) is 6.85. The molecule has 0 saturated heterocycles. The number of hydrogen-bond acceptors (Lipinski definition) is 6. The van der Waals surface area contributed by atoms with E-state index in [1.807, 2.05) is 45.0 Å². The Bertz CT molecular complexity index is 1100. The number of benzene rings is 1. The third-order valence-electron chi connectivity index (χ3n) is 4.92. The fourth-order valence-electron chi connectivity index (χ4n) is 3.11. The number of aromatic nitrogens is 2. The van der Waals surface area contributed by atoms with Crippen LogP contribution in [0.5, 0.6) is 5.75 Å². The Morgan fingerprint density at radius 2 is 2.03 bits per heavy atom. The summed E-state index contributed by atoms with van der Waals surface area (Å²) in [4.78, 5) is 33.8. The summed E-state index contributed by atoms with van der Waals surface area (Å²) in [7, 11) is 3.39. The highest BCUT2D eigenvalue weighted by atomic mass is 32.2. The number of carbonyl (C=O) groups excluding carboxylic acids is 1. The van der Waals surface area contributed by atoms with Crippen LogP contribution < -0.4 is 10.3 Å². The van der Waals surface area contributed by atoms with Crippen LogP contribution in [0.4, 0.5) is 0 Å². The lowest BCUT2D eigenvalue weighted by Crippen LogP contribution is -2.29. The van der Waals surface area contributed by atoms with Crippen molar-refractivity contribution in [2.24, 2.45) is 0 Å². The van der Waals surface area contributed by atoms with Crippen molar-refractivity contribution in [3.63, 3.8) is 0 Å². The molecule has 3 rings (SSSR count). The zero-order valence-electron chi connectivity index (χ0n) is 17.3. The highest BCUT2D eigenvalue weighted by Crippen LogP contribution is 2.28. The number of thiophene rings is 1. The molecule has 0 aliphatic rings. The summed E-state index contributed by atoms with van der Waals surface area (Å²) in [5.74, 6) is 0.944. The van der Waals surface area contributed by atoms with Crippen molar-refractivity contribution in [1.29, 1.82) is 0 Å². The second-order valence-corrected chi connectivity index (χ2v) is 8.90. The summed E-state index contributed by atoms with van der Waals surface area (Å²) < 4.78 is 7.01. The Morgan fingerprint density at radius 3 is 2.72 bits per heavy atom. The van der Waals surface area contributed by atoms with Crippen LogP contribution >= 0.6 is 23.1 Å². The lowest BCUT2D eigenvalue weighted by Gasteiger charge is -2.19. The molecular formula is C21H25N3O3S2. The predicted molar refractivity (Wildman–Crippen MR) is 119 cm³/mol. The Labute approximate surface area is 178 Å². The third kappa shape index (κ3) is 4.33. The van der Waals surface area contributed by atoms with Gasteiger partial charge in [-0.25, -0.2) is 4.98 Å². The maximum absolute atomic E-state index is 12.9. The van der Waals surface area contributed by atoms with Gasteiger partial charge in [0.1, 0.15) is 10.6 Å². The molecule has 0 saturated carbocycles. The molecule has 6 nitrogen and oxygen atoms in total. The number of amides is 1. The number of ether oxygens (including phenoxy) is 1. The van der Waals surface area contributed by atoms with E-state index in [-0.39, 0.29) is 17.2 Å². The molecule has 0 N–H and O–H groups in total. The number of methoxy groups -OCH3 is 1. The highest BCUT2D eigenvalue weighted by Gasteiger charge is 2.18. The molecule has 0 unspecified atom stereocenters. The van der Waals surface area contributed by atoms with Crippen molar-refractivity contribution < 1.29 is 9.53 Å². The molecule has 0 aliphatic carbocycles. The first-order valence-corrected chi connectivity index (χ1v) is 11.2. The molecule has 0 radical (unpaired) electrons. The van der Waals surface area contributed by atoms with Crippen LogP contribution in [0.2, 0.25) is 0 Å². The minimum absolute atomic E-state index is 0.0309. The van der Waals surface area contributed by atoms with Crippen molar-refractivity contribution in [3.8, 4) is 5.75 Å². The standard InChI is InChI=1S/C21H25N3O3S2/c1-6-24-20(26)18-13(2)14(3)29-19(18)22-21(24)28-12-17(25)23(4)11-15-9-7-8-10-16(15)27-5/h7-10H,6,11-12H2,1-5H3. The Kier molecular flexibility index (Phi) is 6.64. The average molecular weight is 432 g/mol. The van der Waals surface area contributed by atoms with Crippen LogP contribution in [0.3, 0.4) is 0 Å². The summed E-state index contributed by atoms with van der Waals surface area (Å²) in [5, 5.41) is 1.28. The normalized spacial score (nSPS) is 11.1. The fourth-order valence-corrected chi connectivity index (χ4v) is 5.19. The lowest BCUT2D eigenvalue weighted by atomic mass is 10.2. The van der Waals surface area contributed by atoms with E-state index in [9.17, 15) is 9.59 Å². The number of hydrogen-bond donors (Lipinski definition) is 0. The minimum Gasteiger partial charge on any atom is -0.496 e. The number of thioether (sulfide) groups is 1. The van der Waals surface area contributed by atoms with Gasteiger partial charge in [-0.1, -0.05) is 30.0 Å². The van der Waals surface area contributed by atoms with Crippen LogP contribution in [-0.4, -0.2) is 40.3 Å². The second-order valence-electron chi connectivity index (χ2n) is 6.76. The molecule has 8 heteroatoms. The van der Waals surface area contributed by atoms with Gasteiger partial charge in [-0.15, -0.1) is 11.3 Å². The summed E-state index contributed by atoms with van der Waals surface area (Å²) in [6.07, 6.45) is 0. The molecule has 2 heterocycles. The smallest absolute Gasteiger partial charge is 0.263 e. The molecule has 2 aromatic heterocycles. The van der Waals surface area contributed by atoms with E-state index in [0.29, 0.717) is 23.6 Å². The topological polar surface area (TPSA) is 64.4 Å². The molecule has 154 valence electrons. The molecule has 0 fully saturated rings. The van der Waals surface area contributed by atoms with Crippen molar-refractivity contribution in [1.82, 2.24) is 14.5 Å². The van der Waals surface area contributed by atoms with Gasteiger partial charge in [0.15, 0.2) is 5.16 Å². The number of fused-ring (bicyclic) bond motifs is 1. The van der Waals surface area contributed by atoms with E-state index >= 15 is 0 Å². The number of carbonyl (C=O) groups is 1. The molecule has 1 amide bonds. The summed E-state index contributed by atoms with van der Waals surface area (Å²) in [5.41, 5.74) is 1.91. The van der Waals surface area contributed by atoms with Crippen molar-refractivity contribution in [2.45, 2.75) is 39.0 Å². The Balaban J connectivity index is 1.77. The van der Waals surface area contributed by atoms with Gasteiger partial charge in [0.05, 0.1) is 18.2 Å². The molecule has 0 spiro atoms. The zero-order valence-corrected chi connectivity index (χ0v) is 18.9. The van der Waals surface area contributed by atoms with Crippen molar-refractivity contribution in [3.05, 3.63) is 50.6 Å². The van der Waals surface area contributed by atoms with Crippen molar-refractivity contribution >= 4 is 39.2 Å². The van der Waals surface area contributed by atoms with Gasteiger partial charge in [-0.05, 0) is 32.4 Å². The van der Waals surface area contributed by atoms with Gasteiger partial charge < -0.3 is 9.64 Å². The quantitative estimate of drug-likeness (QED) is 0.420. The monoisotopic (exact) mass is 431 g/mol. The molecular weight excluding hydrogens is 406 g/mol. The van der Waals surface area contributed by atoms with E-state index < -0.39 is 0 Å². The zero-order chi connectivity index (χ0) is 21.1. The number of nitrogens with zero attached hydrogens (tertiary/aromatic N) is 3. The average Bonchev–Trinajstić information content (AvgIpc) is 3.00. The van der Waals surface area contributed by atoms with Gasteiger partial charge in [0.2, 0.25) is 5.91 Å². The maximum Gasteiger partial charge on any atom is 0.263 e. The fraction of sp³-hybridized carbons (Fsp3) is 0.381. The van der Waals surface area contributed by atoms with Crippen LogP contribution in [-0.2, 0) is 17.9 Å². The van der Waals surface area contributed by atoms with Gasteiger partial charge >= 0.3 is 0 Å². The molecule has 3 aromatic rings. The first-order valence-electron chi connectivity index (χ1n) is 9.36. The van der Waals surface area contributed by atoms with Crippen LogP contribution in [0.15, 0.2) is 34.2 Å². The minimum atomic E-state index is -0.0311. The predicted octanol–water partition coefficient (Wildman–Crippen LogP) is 3.85. The van der Waals surface area contributed by atoms with Gasteiger partial charge in [-0.2, -0.15) is 0 Å². The van der Waals surface area contributed by atoms with E-state index in [1.165, 1.54) is 23.1 Å². The largest absolute Gasteiger partial charge is 0.496 e. The first-order chi connectivity index (χ1) is 13.9. The highest BCUT2D eigenvalue weighted by molar-refractivity contribution is 7.99. The van der Waals surface area contributed by atoms with Gasteiger partial charge in [-0.3, -0.25) is 14.2 Å². The van der Waals surface area contributed by atoms with E-state index in [4.69, 9.17) is 4.74 Å². The number of rotatable bonds is 7. The van der Waals surface area contributed by atoms with Crippen LogP contribution in [0.25, 0.3) is 10.2 Å².